The van der Waals surface area contributed by atoms with Gasteiger partial charge in [0.1, 0.15) is 60.6 Å². The zero-order valence-electron chi connectivity index (χ0n) is 46.5. The molecule has 2 unspecified atom stereocenters. The summed E-state index contributed by atoms with van der Waals surface area (Å²) in [6.07, 6.45) is -3.58. The van der Waals surface area contributed by atoms with E-state index in [0.29, 0.717) is 12.0 Å². The Labute approximate surface area is 470 Å². The third-order valence-corrected chi connectivity index (χ3v) is 13.0. The van der Waals surface area contributed by atoms with E-state index in [-0.39, 0.29) is 51.7 Å². The van der Waals surface area contributed by atoms with Crippen LogP contribution in [0.1, 0.15) is 97.5 Å². The molecule has 1 aromatic carbocycles. The third kappa shape index (κ3) is 24.6. The summed E-state index contributed by atoms with van der Waals surface area (Å²) in [6, 6.07) is -8.03. The van der Waals surface area contributed by atoms with Gasteiger partial charge in [-0.25, -0.2) is 0 Å². The van der Waals surface area contributed by atoms with E-state index in [0.717, 1.165) is 39.5 Å². The molecule has 1 aliphatic heterocycles. The largest absolute Gasteiger partial charge is 0.394 e. The topological polar surface area (TPSA) is 502 Å². The van der Waals surface area contributed by atoms with Gasteiger partial charge in [0.25, 0.3) is 0 Å². The van der Waals surface area contributed by atoms with Crippen molar-refractivity contribution in [3.8, 4) is 0 Å². The van der Waals surface area contributed by atoms with Gasteiger partial charge in [-0.2, -0.15) is 0 Å². The molecule has 0 spiro atoms. The fraction of sp³-hybridized carbons (Fsp3) is 0.686. The van der Waals surface area contributed by atoms with Crippen molar-refractivity contribution in [3.63, 3.8) is 0 Å². The van der Waals surface area contributed by atoms with Gasteiger partial charge in [-0.1, -0.05) is 62.9 Å². The van der Waals surface area contributed by atoms with E-state index in [1.54, 1.807) is 30.3 Å². The molecule has 1 fully saturated rings. The van der Waals surface area contributed by atoms with Gasteiger partial charge in [0.2, 0.25) is 59.1 Å². The Morgan fingerprint density at radius 2 is 1.22 bits per heavy atom. The molecule has 10 amide bonds. The molecule has 23 N–H and O–H groups in total. The van der Waals surface area contributed by atoms with Crippen LogP contribution < -0.4 is 75.7 Å². The highest BCUT2D eigenvalue weighted by molar-refractivity contribution is 5.98. The minimum absolute atomic E-state index is 0.0483. The Morgan fingerprint density at radius 1 is 0.642 bits per heavy atom. The Morgan fingerprint density at radius 3 is 1.78 bits per heavy atom. The second kappa shape index (κ2) is 37.5. The summed E-state index contributed by atoms with van der Waals surface area (Å²) in [5.74, 6) is -10.2. The lowest BCUT2D eigenvalue weighted by molar-refractivity contribution is -0.137. The number of amides is 10. The van der Waals surface area contributed by atoms with Crippen LogP contribution in [0.2, 0.25) is 0 Å². The number of hydrogen-bond acceptors (Lipinski definition) is 20. The molecule has 0 radical (unpaired) electrons. The van der Waals surface area contributed by atoms with Crippen LogP contribution in [0.15, 0.2) is 30.3 Å². The average molecular weight is 1150 g/mol. The first-order valence-electron chi connectivity index (χ1n) is 27.3. The van der Waals surface area contributed by atoms with Crippen molar-refractivity contribution >= 4 is 59.1 Å². The van der Waals surface area contributed by atoms with Crippen molar-refractivity contribution in [2.24, 2.45) is 17.2 Å². The van der Waals surface area contributed by atoms with Crippen LogP contribution in [0.25, 0.3) is 0 Å². The molecule has 2 rings (SSSR count). The van der Waals surface area contributed by atoms with E-state index in [9.17, 15) is 78.6 Å². The summed E-state index contributed by atoms with van der Waals surface area (Å²) < 4.78 is 0. The summed E-state index contributed by atoms with van der Waals surface area (Å²) in [5, 5.41) is 90.8. The first-order chi connectivity index (χ1) is 38.5. The van der Waals surface area contributed by atoms with E-state index in [1.165, 1.54) is 6.92 Å². The first kappa shape index (κ1) is 70.6. The zero-order valence-corrected chi connectivity index (χ0v) is 46.5. The van der Waals surface area contributed by atoms with E-state index in [1.807, 2.05) is 6.92 Å². The Balaban J connectivity index is 2.62. The van der Waals surface area contributed by atoms with Crippen molar-refractivity contribution in [1.29, 1.82) is 0 Å². The van der Waals surface area contributed by atoms with Gasteiger partial charge in [-0.05, 0) is 84.5 Å². The minimum Gasteiger partial charge on any atom is -0.394 e. The molecule has 458 valence electrons. The maximum atomic E-state index is 14.3. The molecule has 81 heavy (non-hydrogen) atoms. The lowest BCUT2D eigenvalue weighted by Gasteiger charge is -2.32. The maximum absolute atomic E-state index is 14.3. The Bertz CT molecular complexity index is 2180. The van der Waals surface area contributed by atoms with Crippen molar-refractivity contribution < 1.29 is 78.6 Å². The molecule has 1 aliphatic rings. The molecular weight excluding hydrogens is 1060 g/mol. The van der Waals surface area contributed by atoms with Crippen molar-refractivity contribution in [2.45, 2.75) is 183 Å². The van der Waals surface area contributed by atoms with Crippen LogP contribution in [0.3, 0.4) is 0 Å². The zero-order chi connectivity index (χ0) is 60.8. The number of hydrogen-bond donors (Lipinski definition) is 20. The fourth-order valence-corrected chi connectivity index (χ4v) is 8.35. The molecular formula is C51H88N14O16. The predicted octanol–water partition coefficient (Wildman–Crippen LogP) is -8.08. The number of benzene rings is 1. The molecule has 30 nitrogen and oxygen atoms in total. The van der Waals surface area contributed by atoms with Gasteiger partial charge in [0.15, 0.2) is 0 Å². The van der Waals surface area contributed by atoms with Crippen LogP contribution in [0.4, 0.5) is 0 Å². The fourth-order valence-electron chi connectivity index (χ4n) is 8.35. The lowest BCUT2D eigenvalue weighted by atomic mass is 10.0. The SMILES string of the molecule is CCCCCCCC(=O)N[C@@H](CCN)C(=O)N[C@H](C(=O)NC(CO)C(=O)N[C@H]1CCNC(=O)[C@H]([C@@H](C)O)NC(=O)[C@H](CO)NC(=O)[C@H](CCN)NC(=O)[C@H]([C@@H](C)O)NC(O)[C@@H](Cc2ccccc2)NC(=O)[C@H](CCN)NC1=O)[C@@H](C)O. The number of carbonyl (C=O) groups is 10. The molecule has 1 heterocycles. The molecule has 0 aliphatic carbocycles. The predicted molar refractivity (Wildman–Crippen MR) is 292 cm³/mol. The van der Waals surface area contributed by atoms with E-state index in [4.69, 9.17) is 17.2 Å². The van der Waals surface area contributed by atoms with Crippen molar-refractivity contribution in [3.05, 3.63) is 35.9 Å². The van der Waals surface area contributed by atoms with Crippen LogP contribution in [-0.2, 0) is 54.4 Å². The van der Waals surface area contributed by atoms with E-state index < -0.39 is 170 Å². The van der Waals surface area contributed by atoms with Gasteiger partial charge < -0.3 is 101 Å². The third-order valence-electron chi connectivity index (χ3n) is 13.0. The summed E-state index contributed by atoms with van der Waals surface area (Å²) in [7, 11) is 0. The number of nitrogens with one attached hydrogen (secondary N) is 11. The van der Waals surface area contributed by atoms with Crippen LogP contribution in [0.5, 0.6) is 0 Å². The number of carbonyl (C=O) groups excluding carboxylic acids is 10. The monoisotopic (exact) mass is 1150 g/mol. The Kier molecular flexibility index (Phi) is 32.7. The summed E-state index contributed by atoms with van der Waals surface area (Å²) >= 11 is 0. The quantitative estimate of drug-likeness (QED) is 0.0383. The van der Waals surface area contributed by atoms with Gasteiger partial charge in [-0.15, -0.1) is 0 Å². The molecule has 14 atom stereocenters. The lowest BCUT2D eigenvalue weighted by Crippen LogP contribution is -2.64. The first-order valence-corrected chi connectivity index (χ1v) is 27.3. The molecule has 1 saturated heterocycles. The number of unbranched alkanes of at least 4 members (excludes halogenated alkanes) is 4. The summed E-state index contributed by atoms with van der Waals surface area (Å²) in [4.78, 5) is 137. The summed E-state index contributed by atoms with van der Waals surface area (Å²) in [5.41, 5.74) is 17.9. The highest BCUT2D eigenvalue weighted by atomic mass is 16.3. The highest BCUT2D eigenvalue weighted by Crippen LogP contribution is 2.11. The van der Waals surface area contributed by atoms with Gasteiger partial charge in [-0.3, -0.25) is 53.3 Å². The average Bonchev–Trinajstić information content (AvgIpc) is 3.43. The van der Waals surface area contributed by atoms with Crippen LogP contribution in [0, 0.1) is 0 Å². The maximum Gasteiger partial charge on any atom is 0.245 e. The molecule has 1 aromatic rings. The number of nitrogens with two attached hydrogens (primary N) is 3. The number of aliphatic hydroxyl groups excluding tert-OH is 6. The standard InChI is InChI=1S/C51H88N14O16/c1-5-6-7-8-12-15-38(71)56-31(16-20-52)45(75)64-41(29(4)70)51(81)62-36(25-66)47(77)58-34-19-23-55-49(79)39(27(2)68)63-48(78)37(26-67)61-43(73)33(18-22-54)59-50(80)40(28(3)69)65-46(76)35(24-30-13-10-9-11-14-30)60-42(72)32(17-21-53)57-44(34)74/h9-11,13-14,27-29,31-37,39-41,46,65-70,76H,5-8,12,15-26,52-54H2,1-4H3,(H,55,79)(H,56,71)(H,57,74)(H,58,77)(H,59,80)(H,60,72)(H,61,73)(H,62,81)(H,63,78)(H,64,75)/t27-,28-,29-,31+,32+,33+,34+,35-,36?,37+,39+,40+,41+,46?/m1/s1. The Hall–Kier alpha value is -6.48. The van der Waals surface area contributed by atoms with Crippen LogP contribution in [-0.4, -0.2) is 214 Å². The van der Waals surface area contributed by atoms with E-state index >= 15 is 0 Å². The van der Waals surface area contributed by atoms with Crippen molar-refractivity contribution in [1.82, 2.24) is 58.5 Å². The highest BCUT2D eigenvalue weighted by Gasteiger charge is 2.38. The molecule has 30 heteroatoms. The minimum atomic E-state index is -1.91. The number of rotatable bonds is 26. The van der Waals surface area contributed by atoms with Crippen molar-refractivity contribution in [2.75, 3.05) is 39.4 Å². The normalized spacial score (nSPS) is 24.4. The molecule has 0 bridgehead atoms. The molecule has 0 aromatic heterocycles. The van der Waals surface area contributed by atoms with E-state index in [2.05, 4.69) is 58.5 Å². The smallest absolute Gasteiger partial charge is 0.245 e. The van der Waals surface area contributed by atoms with Crippen LogP contribution >= 0.6 is 0 Å². The van der Waals surface area contributed by atoms with Gasteiger partial charge in [0, 0.05) is 13.0 Å². The molecule has 0 saturated carbocycles. The number of aliphatic hydroxyl groups is 6. The second-order valence-corrected chi connectivity index (χ2v) is 19.9. The summed E-state index contributed by atoms with van der Waals surface area (Å²) in [6.45, 7) is 2.27. The van der Waals surface area contributed by atoms with Gasteiger partial charge in [0.05, 0.1) is 37.6 Å². The second-order valence-electron chi connectivity index (χ2n) is 19.9. The van der Waals surface area contributed by atoms with Gasteiger partial charge >= 0.3 is 0 Å².